The standard InChI is InChI=1S/C16H29NO3SSi/c1-14(20-22(5,6)16(2,3)4)13-21(18,19)17-12-15-10-8-7-9-11-15/h7-11,14,17H,12-13H2,1-6H3. The highest BCUT2D eigenvalue weighted by Gasteiger charge is 2.39. The van der Waals surface area contributed by atoms with Crippen LogP contribution in [0.25, 0.3) is 0 Å². The van der Waals surface area contributed by atoms with Gasteiger partial charge in [0.1, 0.15) is 0 Å². The summed E-state index contributed by atoms with van der Waals surface area (Å²) in [5.74, 6) is -0.00760. The number of hydrogen-bond donors (Lipinski definition) is 1. The van der Waals surface area contributed by atoms with Crippen LogP contribution in [-0.4, -0.2) is 28.6 Å². The van der Waals surface area contributed by atoms with Crippen LogP contribution in [0.2, 0.25) is 18.1 Å². The quantitative estimate of drug-likeness (QED) is 0.771. The summed E-state index contributed by atoms with van der Waals surface area (Å²) in [7, 11) is -5.30. The third kappa shape index (κ3) is 6.20. The predicted molar refractivity (Wildman–Crippen MR) is 94.8 cm³/mol. The Kier molecular flexibility index (Phi) is 6.38. The number of benzene rings is 1. The molecule has 22 heavy (non-hydrogen) atoms. The van der Waals surface area contributed by atoms with Crippen molar-refractivity contribution in [3.05, 3.63) is 35.9 Å². The molecule has 0 amide bonds. The van der Waals surface area contributed by atoms with Crippen molar-refractivity contribution in [3.8, 4) is 0 Å². The van der Waals surface area contributed by atoms with Gasteiger partial charge in [0.05, 0.1) is 11.9 Å². The van der Waals surface area contributed by atoms with Gasteiger partial charge in [-0.15, -0.1) is 0 Å². The van der Waals surface area contributed by atoms with Crippen LogP contribution in [0.15, 0.2) is 30.3 Å². The number of rotatable bonds is 7. The largest absolute Gasteiger partial charge is 0.413 e. The molecule has 1 atom stereocenters. The van der Waals surface area contributed by atoms with Crippen molar-refractivity contribution >= 4 is 18.3 Å². The molecule has 0 aliphatic carbocycles. The minimum absolute atomic E-state index is 0.00760. The van der Waals surface area contributed by atoms with E-state index in [2.05, 4.69) is 38.6 Å². The molecule has 1 unspecified atom stereocenters. The van der Waals surface area contributed by atoms with E-state index in [4.69, 9.17) is 4.43 Å². The molecule has 1 aromatic carbocycles. The fraction of sp³-hybridized carbons (Fsp3) is 0.625. The molecule has 0 aliphatic heterocycles. The molecule has 1 aromatic rings. The van der Waals surface area contributed by atoms with E-state index in [-0.39, 0.29) is 16.9 Å². The van der Waals surface area contributed by atoms with E-state index in [1.54, 1.807) is 0 Å². The van der Waals surface area contributed by atoms with E-state index in [1.807, 2.05) is 37.3 Å². The zero-order valence-corrected chi connectivity index (χ0v) is 16.3. The summed E-state index contributed by atoms with van der Waals surface area (Å²) >= 11 is 0. The highest BCUT2D eigenvalue weighted by Crippen LogP contribution is 2.37. The molecule has 1 N–H and O–H groups in total. The Bertz CT molecular complexity index is 565. The topological polar surface area (TPSA) is 55.4 Å². The second-order valence-electron chi connectivity index (χ2n) is 7.28. The molecule has 0 radical (unpaired) electrons. The van der Waals surface area contributed by atoms with Crippen LogP contribution in [0.1, 0.15) is 33.3 Å². The van der Waals surface area contributed by atoms with Crippen molar-refractivity contribution < 1.29 is 12.8 Å². The number of sulfonamides is 1. The number of hydrogen-bond acceptors (Lipinski definition) is 3. The van der Waals surface area contributed by atoms with E-state index >= 15 is 0 Å². The highest BCUT2D eigenvalue weighted by molar-refractivity contribution is 7.89. The molecule has 0 aromatic heterocycles. The van der Waals surface area contributed by atoms with Crippen molar-refractivity contribution in [2.45, 2.75) is 58.5 Å². The summed E-state index contributed by atoms with van der Waals surface area (Å²) in [6.45, 7) is 12.9. The molecular weight excluding hydrogens is 314 g/mol. The first-order valence-corrected chi connectivity index (χ1v) is 12.2. The lowest BCUT2D eigenvalue weighted by Crippen LogP contribution is -2.45. The zero-order chi connectivity index (χ0) is 17.0. The summed E-state index contributed by atoms with van der Waals surface area (Å²) in [5.41, 5.74) is 0.948. The van der Waals surface area contributed by atoms with Crippen LogP contribution in [0.4, 0.5) is 0 Å². The Morgan fingerprint density at radius 1 is 1.18 bits per heavy atom. The second-order valence-corrected chi connectivity index (χ2v) is 13.9. The minimum atomic E-state index is -3.35. The first-order chi connectivity index (χ1) is 9.93. The van der Waals surface area contributed by atoms with Gasteiger partial charge in [-0.05, 0) is 30.6 Å². The Labute approximate surface area is 136 Å². The summed E-state index contributed by atoms with van der Waals surface area (Å²) in [6, 6.07) is 9.50. The van der Waals surface area contributed by atoms with Gasteiger partial charge in [-0.1, -0.05) is 51.1 Å². The molecular formula is C16H29NO3SSi. The molecule has 0 saturated heterocycles. The van der Waals surface area contributed by atoms with Crippen LogP contribution in [0, 0.1) is 0 Å². The van der Waals surface area contributed by atoms with Gasteiger partial charge in [-0.3, -0.25) is 0 Å². The third-order valence-electron chi connectivity index (χ3n) is 4.10. The summed E-state index contributed by atoms with van der Waals surface area (Å²) in [4.78, 5) is 0. The minimum Gasteiger partial charge on any atom is -0.413 e. The van der Waals surface area contributed by atoms with Gasteiger partial charge in [-0.2, -0.15) is 0 Å². The average Bonchev–Trinajstić information content (AvgIpc) is 2.35. The lowest BCUT2D eigenvalue weighted by molar-refractivity contribution is 0.219. The lowest BCUT2D eigenvalue weighted by atomic mass is 10.2. The van der Waals surface area contributed by atoms with Crippen molar-refractivity contribution in [2.24, 2.45) is 0 Å². The molecule has 0 fully saturated rings. The number of nitrogens with one attached hydrogen (secondary N) is 1. The molecule has 1 rings (SSSR count). The Morgan fingerprint density at radius 2 is 1.73 bits per heavy atom. The van der Waals surface area contributed by atoms with Crippen molar-refractivity contribution in [3.63, 3.8) is 0 Å². The van der Waals surface area contributed by atoms with E-state index in [0.29, 0.717) is 6.54 Å². The molecule has 0 bridgehead atoms. The second kappa shape index (κ2) is 7.25. The molecule has 126 valence electrons. The Morgan fingerprint density at radius 3 is 2.23 bits per heavy atom. The van der Waals surface area contributed by atoms with E-state index in [1.165, 1.54) is 0 Å². The van der Waals surface area contributed by atoms with Crippen LogP contribution in [0.3, 0.4) is 0 Å². The van der Waals surface area contributed by atoms with Gasteiger partial charge in [0.15, 0.2) is 8.32 Å². The fourth-order valence-electron chi connectivity index (χ4n) is 1.87. The average molecular weight is 344 g/mol. The van der Waals surface area contributed by atoms with E-state index in [0.717, 1.165) is 5.56 Å². The summed E-state index contributed by atoms with van der Waals surface area (Å²) < 4.78 is 33.1. The molecule has 6 heteroatoms. The maximum absolute atomic E-state index is 12.2. The molecule has 0 spiro atoms. The maximum Gasteiger partial charge on any atom is 0.214 e. The van der Waals surface area contributed by atoms with Crippen LogP contribution in [0.5, 0.6) is 0 Å². The van der Waals surface area contributed by atoms with E-state index < -0.39 is 18.3 Å². The summed E-state index contributed by atoms with van der Waals surface area (Å²) in [6.07, 6.45) is -0.311. The molecule has 4 nitrogen and oxygen atoms in total. The third-order valence-corrected chi connectivity index (χ3v) is 10.2. The molecule has 0 heterocycles. The first-order valence-electron chi connectivity index (χ1n) is 7.62. The van der Waals surface area contributed by atoms with Gasteiger partial charge in [0.25, 0.3) is 0 Å². The Hall–Kier alpha value is -0.693. The van der Waals surface area contributed by atoms with E-state index in [9.17, 15) is 8.42 Å². The van der Waals surface area contributed by atoms with Crippen LogP contribution < -0.4 is 4.72 Å². The monoisotopic (exact) mass is 343 g/mol. The van der Waals surface area contributed by atoms with Crippen LogP contribution in [-0.2, 0) is 21.0 Å². The van der Waals surface area contributed by atoms with Gasteiger partial charge < -0.3 is 4.43 Å². The van der Waals surface area contributed by atoms with Gasteiger partial charge >= 0.3 is 0 Å². The highest BCUT2D eigenvalue weighted by atomic mass is 32.2. The maximum atomic E-state index is 12.2. The van der Waals surface area contributed by atoms with Crippen molar-refractivity contribution in [1.29, 1.82) is 0 Å². The lowest BCUT2D eigenvalue weighted by Gasteiger charge is -2.38. The Balaban J connectivity index is 2.57. The fourth-order valence-corrected chi connectivity index (χ4v) is 4.62. The van der Waals surface area contributed by atoms with Crippen LogP contribution >= 0.6 is 0 Å². The zero-order valence-electron chi connectivity index (χ0n) is 14.5. The predicted octanol–water partition coefficient (Wildman–Crippen LogP) is 3.52. The smallest absolute Gasteiger partial charge is 0.214 e. The normalized spacial score (nSPS) is 14.8. The summed E-state index contributed by atoms with van der Waals surface area (Å²) in [5, 5.41) is 0.0719. The van der Waals surface area contributed by atoms with Crippen molar-refractivity contribution in [1.82, 2.24) is 4.72 Å². The van der Waals surface area contributed by atoms with Gasteiger partial charge in [-0.25, -0.2) is 13.1 Å². The van der Waals surface area contributed by atoms with Gasteiger partial charge in [0.2, 0.25) is 10.0 Å². The van der Waals surface area contributed by atoms with Gasteiger partial charge in [0, 0.05) is 6.54 Å². The molecule has 0 saturated carbocycles. The van der Waals surface area contributed by atoms with Crippen molar-refractivity contribution in [2.75, 3.05) is 5.75 Å². The first kappa shape index (κ1) is 19.4. The molecule has 0 aliphatic rings. The SMILES string of the molecule is CC(CS(=O)(=O)NCc1ccccc1)O[Si](C)(C)C(C)(C)C.